The Balaban J connectivity index is 2.17. The first kappa shape index (κ1) is 14.2. The van der Waals surface area contributed by atoms with E-state index in [4.69, 9.17) is 11.6 Å². The molecule has 0 amide bonds. The van der Waals surface area contributed by atoms with Crippen LogP contribution in [0.3, 0.4) is 0 Å². The molecule has 3 nitrogen and oxygen atoms in total. The summed E-state index contributed by atoms with van der Waals surface area (Å²) in [4.78, 5) is 3.94. The molecule has 0 fully saturated rings. The molecule has 0 N–H and O–H groups in total. The van der Waals surface area contributed by atoms with Crippen molar-refractivity contribution in [2.24, 2.45) is 0 Å². The van der Waals surface area contributed by atoms with Crippen molar-refractivity contribution in [3.05, 3.63) is 63.9 Å². The van der Waals surface area contributed by atoms with Gasteiger partial charge in [-0.15, -0.1) is 5.10 Å². The maximum atomic E-state index is 13.8. The average molecular weight is 371 g/mol. The molecule has 0 spiro atoms. The summed E-state index contributed by atoms with van der Waals surface area (Å²) in [5.41, 5.74) is 0.322. The Morgan fingerprint density at radius 1 is 1.00 bits per heavy atom. The van der Waals surface area contributed by atoms with Gasteiger partial charge in [0, 0.05) is 4.47 Å². The van der Waals surface area contributed by atoms with Crippen LogP contribution in [0, 0.1) is 11.6 Å². The van der Waals surface area contributed by atoms with Crippen molar-refractivity contribution in [3.8, 4) is 17.1 Å². The summed E-state index contributed by atoms with van der Waals surface area (Å²) in [6.45, 7) is 0. The highest BCUT2D eigenvalue weighted by Gasteiger charge is 2.19. The van der Waals surface area contributed by atoms with Gasteiger partial charge in [0.25, 0.3) is 0 Å². The largest absolute Gasteiger partial charge is 0.226 e. The number of nitrogens with zero attached hydrogens (tertiary/aromatic N) is 3. The van der Waals surface area contributed by atoms with Gasteiger partial charge in [-0.05, 0) is 51.8 Å². The molecule has 0 bridgehead atoms. The number of para-hydroxylation sites is 1. The van der Waals surface area contributed by atoms with Gasteiger partial charge >= 0.3 is 0 Å². The van der Waals surface area contributed by atoms with Crippen molar-refractivity contribution in [2.75, 3.05) is 0 Å². The molecule has 7 heteroatoms. The standard InChI is InChI=1S/C14H7BrClF2N3/c15-8-4-1-2-7-11(8)21-14(16)19-13(20-21)12-9(17)5-3-6-10(12)18/h1-7H. The number of rotatable bonds is 2. The van der Waals surface area contributed by atoms with E-state index in [0.717, 1.165) is 16.6 Å². The Labute approximate surface area is 132 Å². The molecule has 0 radical (unpaired) electrons. The number of benzene rings is 2. The highest BCUT2D eigenvalue weighted by atomic mass is 79.9. The van der Waals surface area contributed by atoms with Crippen LogP contribution < -0.4 is 0 Å². The van der Waals surface area contributed by atoms with E-state index in [1.807, 2.05) is 6.07 Å². The molecule has 0 atom stereocenters. The maximum Gasteiger partial charge on any atom is 0.226 e. The fraction of sp³-hybridized carbons (Fsp3) is 0. The molecule has 0 aliphatic carbocycles. The first-order valence-electron chi connectivity index (χ1n) is 5.90. The lowest BCUT2D eigenvalue weighted by atomic mass is 10.2. The summed E-state index contributed by atoms with van der Waals surface area (Å²) in [6.07, 6.45) is 0. The van der Waals surface area contributed by atoms with E-state index >= 15 is 0 Å². The van der Waals surface area contributed by atoms with E-state index in [1.54, 1.807) is 18.2 Å². The smallest absolute Gasteiger partial charge is 0.206 e. The zero-order valence-corrected chi connectivity index (χ0v) is 12.7. The molecule has 21 heavy (non-hydrogen) atoms. The van der Waals surface area contributed by atoms with Gasteiger partial charge in [0.1, 0.15) is 11.6 Å². The van der Waals surface area contributed by atoms with Crippen LogP contribution in [0.25, 0.3) is 17.1 Å². The lowest BCUT2D eigenvalue weighted by Gasteiger charge is -2.04. The number of halogens is 4. The van der Waals surface area contributed by atoms with Crippen LogP contribution >= 0.6 is 27.5 Å². The van der Waals surface area contributed by atoms with Crippen LogP contribution in [-0.2, 0) is 0 Å². The van der Waals surface area contributed by atoms with E-state index in [1.165, 1.54) is 10.7 Å². The monoisotopic (exact) mass is 369 g/mol. The van der Waals surface area contributed by atoms with Crippen molar-refractivity contribution in [2.45, 2.75) is 0 Å². The Bertz CT molecular complexity index is 799. The Morgan fingerprint density at radius 3 is 2.33 bits per heavy atom. The van der Waals surface area contributed by atoms with Crippen molar-refractivity contribution in [3.63, 3.8) is 0 Å². The fourth-order valence-corrected chi connectivity index (χ4v) is 2.55. The molecule has 106 valence electrons. The van der Waals surface area contributed by atoms with Gasteiger partial charge in [-0.25, -0.2) is 13.5 Å². The minimum atomic E-state index is -0.740. The summed E-state index contributed by atoms with van der Waals surface area (Å²) in [7, 11) is 0. The second kappa shape index (κ2) is 5.54. The summed E-state index contributed by atoms with van der Waals surface area (Å²) in [5, 5.41) is 4.11. The fourth-order valence-electron chi connectivity index (χ4n) is 1.89. The minimum Gasteiger partial charge on any atom is -0.206 e. The Morgan fingerprint density at radius 2 is 1.67 bits per heavy atom. The van der Waals surface area contributed by atoms with Crippen LogP contribution in [0.5, 0.6) is 0 Å². The van der Waals surface area contributed by atoms with Crippen LogP contribution in [0.4, 0.5) is 8.78 Å². The Hall–Kier alpha value is -1.79. The van der Waals surface area contributed by atoms with E-state index in [0.29, 0.717) is 5.69 Å². The maximum absolute atomic E-state index is 13.8. The summed E-state index contributed by atoms with van der Waals surface area (Å²) >= 11 is 9.40. The van der Waals surface area contributed by atoms with Crippen molar-refractivity contribution in [1.29, 1.82) is 0 Å². The number of aromatic nitrogens is 3. The zero-order valence-electron chi connectivity index (χ0n) is 10.4. The minimum absolute atomic E-state index is 0.0135. The van der Waals surface area contributed by atoms with Gasteiger partial charge < -0.3 is 0 Å². The van der Waals surface area contributed by atoms with Gasteiger partial charge in [-0.3, -0.25) is 0 Å². The van der Waals surface area contributed by atoms with Crippen LogP contribution in [0.15, 0.2) is 46.9 Å². The predicted molar refractivity (Wildman–Crippen MR) is 79.4 cm³/mol. The Kier molecular flexibility index (Phi) is 3.73. The van der Waals surface area contributed by atoms with Crippen molar-refractivity contribution < 1.29 is 8.78 Å². The average Bonchev–Trinajstić information content (AvgIpc) is 2.81. The highest BCUT2D eigenvalue weighted by molar-refractivity contribution is 9.10. The molecule has 2 aromatic carbocycles. The molecule has 0 saturated heterocycles. The topological polar surface area (TPSA) is 30.7 Å². The third kappa shape index (κ3) is 2.56. The van der Waals surface area contributed by atoms with Gasteiger partial charge in [-0.1, -0.05) is 18.2 Å². The molecule has 1 aromatic heterocycles. The normalized spacial score (nSPS) is 10.9. The molecule has 3 rings (SSSR count). The van der Waals surface area contributed by atoms with Gasteiger partial charge in [0.05, 0.1) is 11.3 Å². The molecule has 0 unspecified atom stereocenters. The third-order valence-electron chi connectivity index (χ3n) is 2.83. The van der Waals surface area contributed by atoms with Crippen LogP contribution in [0.2, 0.25) is 5.28 Å². The molecule has 3 aromatic rings. The van der Waals surface area contributed by atoms with E-state index in [2.05, 4.69) is 26.0 Å². The molecule has 1 heterocycles. The second-order valence-corrected chi connectivity index (χ2v) is 5.36. The molecule has 0 saturated carbocycles. The lowest BCUT2D eigenvalue weighted by Crippen LogP contribution is -1.98. The highest BCUT2D eigenvalue weighted by Crippen LogP contribution is 2.28. The molecular formula is C14H7BrClF2N3. The SMILES string of the molecule is Fc1cccc(F)c1-c1nc(Cl)n(-c2ccccc2Br)n1. The molecular weight excluding hydrogens is 364 g/mol. The number of hydrogen-bond donors (Lipinski definition) is 0. The molecule has 0 aliphatic rings. The van der Waals surface area contributed by atoms with E-state index in [9.17, 15) is 8.78 Å². The first-order valence-corrected chi connectivity index (χ1v) is 7.07. The van der Waals surface area contributed by atoms with Crippen molar-refractivity contribution >= 4 is 27.5 Å². The van der Waals surface area contributed by atoms with Gasteiger partial charge in [-0.2, -0.15) is 4.98 Å². The zero-order chi connectivity index (χ0) is 15.0. The summed E-state index contributed by atoms with van der Waals surface area (Å²) in [6, 6.07) is 10.7. The predicted octanol–water partition coefficient (Wildman–Crippen LogP) is 4.63. The summed E-state index contributed by atoms with van der Waals surface area (Å²) < 4.78 is 29.6. The second-order valence-electron chi connectivity index (χ2n) is 4.16. The molecule has 0 aliphatic heterocycles. The van der Waals surface area contributed by atoms with Crippen LogP contribution in [0.1, 0.15) is 0 Å². The first-order chi connectivity index (χ1) is 10.1. The third-order valence-corrected chi connectivity index (χ3v) is 3.75. The van der Waals surface area contributed by atoms with Gasteiger partial charge in [0.2, 0.25) is 5.28 Å². The van der Waals surface area contributed by atoms with Crippen LogP contribution in [-0.4, -0.2) is 14.8 Å². The lowest BCUT2D eigenvalue weighted by molar-refractivity contribution is 0.587. The number of hydrogen-bond acceptors (Lipinski definition) is 2. The van der Waals surface area contributed by atoms with Gasteiger partial charge in [0.15, 0.2) is 5.82 Å². The van der Waals surface area contributed by atoms with Crippen molar-refractivity contribution in [1.82, 2.24) is 14.8 Å². The van der Waals surface area contributed by atoms with E-state index < -0.39 is 11.6 Å². The van der Waals surface area contributed by atoms with E-state index in [-0.39, 0.29) is 16.7 Å². The quantitative estimate of drug-likeness (QED) is 0.658. The summed E-state index contributed by atoms with van der Waals surface area (Å²) in [5.74, 6) is -1.58.